The lowest BCUT2D eigenvalue weighted by molar-refractivity contribution is 0.989. The molecule has 0 aromatic heterocycles. The summed E-state index contributed by atoms with van der Waals surface area (Å²) in [4.78, 5) is 1.19. The highest BCUT2D eigenvalue weighted by Gasteiger charge is 2.03. The first-order valence-corrected chi connectivity index (χ1v) is 8.89. The number of rotatable bonds is 5. The summed E-state index contributed by atoms with van der Waals surface area (Å²) in [5.74, 6) is 0.915. The molecule has 0 aliphatic rings. The molecule has 0 heterocycles. The van der Waals surface area contributed by atoms with Crippen molar-refractivity contribution in [3.63, 3.8) is 0 Å². The van der Waals surface area contributed by atoms with Gasteiger partial charge in [0.1, 0.15) is 0 Å². The van der Waals surface area contributed by atoms with Gasteiger partial charge in [0.15, 0.2) is 5.11 Å². The lowest BCUT2D eigenvalue weighted by atomic mass is 10.2. The van der Waals surface area contributed by atoms with Gasteiger partial charge in [0.25, 0.3) is 0 Å². The Hall–Kier alpha value is -0.940. The number of anilines is 1. The molecule has 0 atom stereocenters. The maximum Gasteiger partial charge on any atom is 0.170 e. The minimum Gasteiger partial charge on any atom is -0.362 e. The van der Waals surface area contributed by atoms with Crippen molar-refractivity contribution >= 4 is 58.0 Å². The van der Waals surface area contributed by atoms with Gasteiger partial charge in [-0.2, -0.15) is 0 Å². The molecule has 22 heavy (non-hydrogen) atoms. The summed E-state index contributed by atoms with van der Waals surface area (Å²) in [6, 6.07) is 13.5. The van der Waals surface area contributed by atoms with Crippen molar-refractivity contribution in [2.75, 3.05) is 17.6 Å². The van der Waals surface area contributed by atoms with E-state index in [2.05, 4.69) is 10.6 Å². The standard InChI is InChI=1S/C16H16Cl2N2S2/c1-11-14(18)3-2-4-15(11)20-16(21)19-9-10-22-13-7-5-12(17)6-8-13/h2-8H,9-10H2,1H3,(H2,19,20,21). The van der Waals surface area contributed by atoms with Crippen molar-refractivity contribution in [3.8, 4) is 0 Å². The van der Waals surface area contributed by atoms with Crippen LogP contribution in [0.25, 0.3) is 0 Å². The molecule has 6 heteroatoms. The Bertz CT molecular complexity index is 645. The normalized spacial score (nSPS) is 10.3. The minimum atomic E-state index is 0.599. The van der Waals surface area contributed by atoms with Crippen molar-refractivity contribution in [2.24, 2.45) is 0 Å². The maximum absolute atomic E-state index is 6.09. The van der Waals surface area contributed by atoms with E-state index in [9.17, 15) is 0 Å². The van der Waals surface area contributed by atoms with Gasteiger partial charge in [-0.05, 0) is 61.1 Å². The van der Waals surface area contributed by atoms with Gasteiger partial charge in [-0.1, -0.05) is 29.3 Å². The smallest absolute Gasteiger partial charge is 0.170 e. The summed E-state index contributed by atoms with van der Waals surface area (Å²) >= 11 is 19.0. The average molecular weight is 371 g/mol. The fraction of sp³-hybridized carbons (Fsp3) is 0.188. The molecule has 0 saturated heterocycles. The zero-order chi connectivity index (χ0) is 15.9. The van der Waals surface area contributed by atoms with E-state index in [0.717, 1.165) is 33.6 Å². The summed E-state index contributed by atoms with van der Waals surface area (Å²) in [7, 11) is 0. The van der Waals surface area contributed by atoms with Gasteiger partial charge in [0.2, 0.25) is 0 Å². The monoisotopic (exact) mass is 370 g/mol. The third-order valence-electron chi connectivity index (χ3n) is 2.99. The van der Waals surface area contributed by atoms with E-state index >= 15 is 0 Å². The van der Waals surface area contributed by atoms with Crippen molar-refractivity contribution in [1.29, 1.82) is 0 Å². The molecule has 0 amide bonds. The summed E-state index contributed by atoms with van der Waals surface area (Å²) in [6.45, 7) is 2.74. The number of thiocarbonyl (C=S) groups is 1. The van der Waals surface area contributed by atoms with Crippen LogP contribution in [0.15, 0.2) is 47.4 Å². The molecule has 2 N–H and O–H groups in total. The first-order valence-electron chi connectivity index (χ1n) is 6.74. The van der Waals surface area contributed by atoms with Crippen LogP contribution in [0.3, 0.4) is 0 Å². The second-order valence-corrected chi connectivity index (χ2v) is 7.02. The third-order valence-corrected chi connectivity index (χ3v) is 4.91. The second-order valence-electron chi connectivity index (χ2n) is 4.60. The zero-order valence-electron chi connectivity index (χ0n) is 12.0. The fourth-order valence-corrected chi connectivity index (χ4v) is 3.05. The molecule has 116 valence electrons. The molecule has 0 aliphatic carbocycles. The predicted octanol–water partition coefficient (Wildman–Crippen LogP) is 5.38. The SMILES string of the molecule is Cc1c(Cl)cccc1NC(=S)NCCSc1ccc(Cl)cc1. The molecule has 2 aromatic carbocycles. The molecule has 2 nitrogen and oxygen atoms in total. The van der Waals surface area contributed by atoms with Gasteiger partial charge in [-0.15, -0.1) is 11.8 Å². The van der Waals surface area contributed by atoms with E-state index in [0.29, 0.717) is 5.11 Å². The average Bonchev–Trinajstić information content (AvgIpc) is 2.50. The number of hydrogen-bond donors (Lipinski definition) is 2. The van der Waals surface area contributed by atoms with Crippen LogP contribution in [-0.4, -0.2) is 17.4 Å². The van der Waals surface area contributed by atoms with Crippen LogP contribution in [-0.2, 0) is 0 Å². The quantitative estimate of drug-likeness (QED) is 0.419. The van der Waals surface area contributed by atoms with Crippen LogP contribution in [0, 0.1) is 6.92 Å². The molecule has 0 bridgehead atoms. The molecule has 0 unspecified atom stereocenters. The van der Waals surface area contributed by atoms with Gasteiger partial charge in [-0.25, -0.2) is 0 Å². The van der Waals surface area contributed by atoms with E-state index in [1.54, 1.807) is 11.8 Å². The van der Waals surface area contributed by atoms with Gasteiger partial charge in [-0.3, -0.25) is 0 Å². The second kappa shape index (κ2) is 8.63. The third kappa shape index (κ3) is 5.36. The van der Waals surface area contributed by atoms with Crippen LogP contribution in [0.4, 0.5) is 5.69 Å². The molecule has 0 saturated carbocycles. The van der Waals surface area contributed by atoms with E-state index in [4.69, 9.17) is 35.4 Å². The van der Waals surface area contributed by atoms with E-state index in [1.165, 1.54) is 4.90 Å². The van der Waals surface area contributed by atoms with E-state index in [-0.39, 0.29) is 0 Å². The highest BCUT2D eigenvalue weighted by Crippen LogP contribution is 2.23. The highest BCUT2D eigenvalue weighted by molar-refractivity contribution is 7.99. The van der Waals surface area contributed by atoms with Crippen LogP contribution in [0.2, 0.25) is 10.0 Å². The minimum absolute atomic E-state index is 0.599. The van der Waals surface area contributed by atoms with Crippen molar-refractivity contribution in [1.82, 2.24) is 5.32 Å². The van der Waals surface area contributed by atoms with Crippen LogP contribution < -0.4 is 10.6 Å². The Kier molecular flexibility index (Phi) is 6.83. The summed E-state index contributed by atoms with van der Waals surface area (Å²) in [5.41, 5.74) is 1.92. The molecule has 2 aromatic rings. The topological polar surface area (TPSA) is 24.1 Å². The molecular weight excluding hydrogens is 355 g/mol. The Morgan fingerprint density at radius 2 is 1.86 bits per heavy atom. The summed E-state index contributed by atoms with van der Waals surface area (Å²) in [5, 5.41) is 8.44. The Morgan fingerprint density at radius 3 is 2.59 bits per heavy atom. The Morgan fingerprint density at radius 1 is 1.14 bits per heavy atom. The van der Waals surface area contributed by atoms with Gasteiger partial charge >= 0.3 is 0 Å². The maximum atomic E-state index is 6.09. The van der Waals surface area contributed by atoms with Gasteiger partial charge in [0.05, 0.1) is 0 Å². The fourth-order valence-electron chi connectivity index (χ4n) is 1.77. The molecule has 0 fully saturated rings. The van der Waals surface area contributed by atoms with Crippen LogP contribution in [0.5, 0.6) is 0 Å². The molecular formula is C16H16Cl2N2S2. The number of hydrogen-bond acceptors (Lipinski definition) is 2. The first-order chi connectivity index (χ1) is 10.6. The molecule has 0 spiro atoms. The summed E-state index contributed by atoms with van der Waals surface area (Å²) in [6.07, 6.45) is 0. The Balaban J connectivity index is 1.74. The number of thioether (sulfide) groups is 1. The lowest BCUT2D eigenvalue weighted by Crippen LogP contribution is -2.30. The first kappa shape index (κ1) is 17.4. The van der Waals surface area contributed by atoms with Crippen molar-refractivity contribution < 1.29 is 0 Å². The molecule has 2 rings (SSSR count). The zero-order valence-corrected chi connectivity index (χ0v) is 15.2. The van der Waals surface area contributed by atoms with Gasteiger partial charge < -0.3 is 10.6 Å². The number of benzene rings is 2. The van der Waals surface area contributed by atoms with Crippen LogP contribution in [0.1, 0.15) is 5.56 Å². The van der Waals surface area contributed by atoms with Crippen LogP contribution >= 0.6 is 47.2 Å². The van der Waals surface area contributed by atoms with Crippen molar-refractivity contribution in [2.45, 2.75) is 11.8 Å². The predicted molar refractivity (Wildman–Crippen MR) is 103 cm³/mol. The molecule has 0 radical (unpaired) electrons. The lowest BCUT2D eigenvalue weighted by Gasteiger charge is -2.13. The van der Waals surface area contributed by atoms with Crippen molar-refractivity contribution in [3.05, 3.63) is 58.1 Å². The Labute approximate surface area is 150 Å². The molecule has 0 aliphatic heterocycles. The number of nitrogens with one attached hydrogen (secondary N) is 2. The van der Waals surface area contributed by atoms with E-state index in [1.807, 2.05) is 49.4 Å². The highest BCUT2D eigenvalue weighted by atomic mass is 35.5. The largest absolute Gasteiger partial charge is 0.362 e. The summed E-state index contributed by atoms with van der Waals surface area (Å²) < 4.78 is 0. The number of halogens is 2. The van der Waals surface area contributed by atoms with E-state index < -0.39 is 0 Å². The van der Waals surface area contributed by atoms with Gasteiger partial charge in [0, 0.05) is 32.9 Å².